The van der Waals surface area contributed by atoms with Gasteiger partial charge in [0.05, 0.1) is 10.0 Å². The number of halogens is 2. The lowest BCUT2D eigenvalue weighted by atomic mass is 10.2. The third-order valence-corrected chi connectivity index (χ3v) is 3.02. The monoisotopic (exact) mass is 261 g/mol. The van der Waals surface area contributed by atoms with Crippen molar-refractivity contribution in [3.05, 3.63) is 33.8 Å². The molecule has 1 aromatic rings. The lowest BCUT2D eigenvalue weighted by Gasteiger charge is -2.20. The summed E-state index contributed by atoms with van der Waals surface area (Å²) in [4.78, 5) is 2.19. The summed E-state index contributed by atoms with van der Waals surface area (Å²) in [7, 11) is 0. The predicted octanol–water partition coefficient (Wildman–Crippen LogP) is 1.71. The van der Waals surface area contributed by atoms with Gasteiger partial charge in [-0.15, -0.1) is 0 Å². The van der Waals surface area contributed by atoms with Crippen molar-refractivity contribution in [2.24, 2.45) is 11.5 Å². The number of benzene rings is 1. The van der Waals surface area contributed by atoms with Crippen molar-refractivity contribution in [2.75, 3.05) is 26.2 Å². The van der Waals surface area contributed by atoms with Gasteiger partial charge in [0.15, 0.2) is 0 Å². The highest BCUT2D eigenvalue weighted by Crippen LogP contribution is 2.23. The van der Waals surface area contributed by atoms with Crippen molar-refractivity contribution in [3.63, 3.8) is 0 Å². The first kappa shape index (κ1) is 13.7. The van der Waals surface area contributed by atoms with E-state index in [1.807, 2.05) is 18.2 Å². The van der Waals surface area contributed by atoms with Crippen molar-refractivity contribution in [1.82, 2.24) is 4.90 Å². The van der Waals surface area contributed by atoms with Crippen LogP contribution in [0, 0.1) is 0 Å². The van der Waals surface area contributed by atoms with Gasteiger partial charge in [-0.05, 0) is 17.7 Å². The van der Waals surface area contributed by atoms with E-state index >= 15 is 0 Å². The van der Waals surface area contributed by atoms with E-state index in [4.69, 9.17) is 34.7 Å². The highest BCUT2D eigenvalue weighted by molar-refractivity contribution is 6.42. The van der Waals surface area contributed by atoms with Gasteiger partial charge in [0.2, 0.25) is 0 Å². The minimum atomic E-state index is 0.578. The quantitative estimate of drug-likeness (QED) is 0.820. The number of nitrogens with two attached hydrogens (primary N) is 2. The molecule has 0 fully saturated rings. The lowest BCUT2D eigenvalue weighted by Crippen LogP contribution is -2.33. The molecule has 0 bridgehead atoms. The summed E-state index contributed by atoms with van der Waals surface area (Å²) < 4.78 is 0. The fraction of sp³-hybridized carbons (Fsp3) is 0.455. The van der Waals surface area contributed by atoms with Crippen LogP contribution >= 0.6 is 23.2 Å². The Labute approximate surface area is 106 Å². The third kappa shape index (κ3) is 4.28. The summed E-state index contributed by atoms with van der Waals surface area (Å²) in [6, 6.07) is 5.65. The van der Waals surface area contributed by atoms with Crippen LogP contribution in [0.3, 0.4) is 0 Å². The first-order valence-electron chi connectivity index (χ1n) is 5.23. The van der Waals surface area contributed by atoms with Crippen molar-refractivity contribution in [2.45, 2.75) is 6.54 Å². The Morgan fingerprint density at radius 3 is 2.12 bits per heavy atom. The minimum absolute atomic E-state index is 0.578. The zero-order valence-corrected chi connectivity index (χ0v) is 10.6. The molecule has 90 valence electrons. The van der Waals surface area contributed by atoms with Crippen LogP contribution < -0.4 is 11.5 Å². The lowest BCUT2D eigenvalue weighted by molar-refractivity contribution is 0.281. The third-order valence-electron chi connectivity index (χ3n) is 2.28. The molecule has 0 heterocycles. The van der Waals surface area contributed by atoms with E-state index < -0.39 is 0 Å². The summed E-state index contributed by atoms with van der Waals surface area (Å²) in [5.74, 6) is 0. The first-order chi connectivity index (χ1) is 7.67. The van der Waals surface area contributed by atoms with Crippen molar-refractivity contribution in [3.8, 4) is 0 Å². The Morgan fingerprint density at radius 2 is 1.62 bits per heavy atom. The standard InChI is InChI=1S/C11H17Cl2N3/c12-10-2-1-9(7-11(10)13)8-16(5-3-14)6-4-15/h1-2,7H,3-6,8,14-15H2. The Kier molecular flexibility index (Phi) is 6.09. The van der Waals surface area contributed by atoms with Gasteiger partial charge in [-0.3, -0.25) is 4.90 Å². The maximum absolute atomic E-state index is 5.95. The van der Waals surface area contributed by atoms with Gasteiger partial charge in [-0.25, -0.2) is 0 Å². The van der Waals surface area contributed by atoms with Gasteiger partial charge < -0.3 is 11.5 Å². The second-order valence-electron chi connectivity index (χ2n) is 3.60. The molecule has 5 heteroatoms. The molecule has 4 N–H and O–H groups in total. The largest absolute Gasteiger partial charge is 0.329 e. The normalized spacial score (nSPS) is 11.1. The number of hydrogen-bond donors (Lipinski definition) is 2. The first-order valence-corrected chi connectivity index (χ1v) is 5.99. The summed E-state index contributed by atoms with van der Waals surface area (Å²) >= 11 is 11.8. The Bertz CT molecular complexity index is 325. The number of nitrogens with zero attached hydrogens (tertiary/aromatic N) is 1. The fourth-order valence-electron chi connectivity index (χ4n) is 1.53. The Morgan fingerprint density at radius 1 is 1.00 bits per heavy atom. The van der Waals surface area contributed by atoms with E-state index in [1.165, 1.54) is 0 Å². The molecule has 0 spiro atoms. The molecule has 0 aliphatic heterocycles. The second kappa shape index (κ2) is 7.09. The minimum Gasteiger partial charge on any atom is -0.329 e. The van der Waals surface area contributed by atoms with E-state index in [2.05, 4.69) is 4.90 Å². The highest BCUT2D eigenvalue weighted by Gasteiger charge is 2.05. The molecule has 0 saturated carbocycles. The molecular formula is C11H17Cl2N3. The van der Waals surface area contributed by atoms with Crippen LogP contribution in [0.25, 0.3) is 0 Å². The van der Waals surface area contributed by atoms with Crippen molar-refractivity contribution < 1.29 is 0 Å². The zero-order valence-electron chi connectivity index (χ0n) is 9.13. The van der Waals surface area contributed by atoms with Crippen LogP contribution in [0.5, 0.6) is 0 Å². The Hall–Kier alpha value is -0.320. The van der Waals surface area contributed by atoms with Crippen molar-refractivity contribution >= 4 is 23.2 Å². The summed E-state index contributed by atoms with van der Waals surface area (Å²) in [5.41, 5.74) is 12.2. The van der Waals surface area contributed by atoms with E-state index in [9.17, 15) is 0 Å². The summed E-state index contributed by atoms with van der Waals surface area (Å²) in [5, 5.41) is 1.16. The van der Waals surface area contributed by atoms with Crippen LogP contribution in [0.4, 0.5) is 0 Å². The molecule has 0 amide bonds. The molecule has 0 aromatic heterocycles. The molecule has 0 unspecified atom stereocenters. The highest BCUT2D eigenvalue weighted by atomic mass is 35.5. The predicted molar refractivity (Wildman–Crippen MR) is 69.8 cm³/mol. The average Bonchev–Trinajstić information content (AvgIpc) is 2.24. The van der Waals surface area contributed by atoms with Gasteiger partial charge >= 0.3 is 0 Å². The van der Waals surface area contributed by atoms with E-state index in [0.29, 0.717) is 23.1 Å². The van der Waals surface area contributed by atoms with E-state index in [1.54, 1.807) is 0 Å². The SMILES string of the molecule is NCCN(CCN)Cc1ccc(Cl)c(Cl)c1. The molecular weight excluding hydrogens is 245 g/mol. The molecule has 0 atom stereocenters. The molecule has 0 radical (unpaired) electrons. The van der Waals surface area contributed by atoms with Gasteiger partial charge in [-0.2, -0.15) is 0 Å². The number of rotatable bonds is 6. The van der Waals surface area contributed by atoms with E-state index in [0.717, 1.165) is 25.2 Å². The molecule has 1 rings (SSSR count). The number of hydrogen-bond acceptors (Lipinski definition) is 3. The zero-order chi connectivity index (χ0) is 12.0. The van der Waals surface area contributed by atoms with Crippen LogP contribution in [0.2, 0.25) is 10.0 Å². The van der Waals surface area contributed by atoms with Crippen LogP contribution in [-0.2, 0) is 6.54 Å². The van der Waals surface area contributed by atoms with Crippen LogP contribution in [-0.4, -0.2) is 31.1 Å². The van der Waals surface area contributed by atoms with Crippen LogP contribution in [0.15, 0.2) is 18.2 Å². The van der Waals surface area contributed by atoms with Crippen LogP contribution in [0.1, 0.15) is 5.56 Å². The van der Waals surface area contributed by atoms with Gasteiger partial charge in [0, 0.05) is 32.7 Å². The molecule has 0 aliphatic carbocycles. The summed E-state index contributed by atoms with van der Waals surface area (Å²) in [6.45, 7) is 3.71. The topological polar surface area (TPSA) is 55.3 Å². The van der Waals surface area contributed by atoms with E-state index in [-0.39, 0.29) is 0 Å². The average molecular weight is 262 g/mol. The summed E-state index contributed by atoms with van der Waals surface area (Å²) in [6.07, 6.45) is 0. The van der Waals surface area contributed by atoms with Crippen molar-refractivity contribution in [1.29, 1.82) is 0 Å². The molecule has 3 nitrogen and oxygen atoms in total. The molecule has 16 heavy (non-hydrogen) atoms. The fourth-order valence-corrected chi connectivity index (χ4v) is 1.85. The second-order valence-corrected chi connectivity index (χ2v) is 4.42. The molecule has 0 saturated heterocycles. The van der Waals surface area contributed by atoms with Gasteiger partial charge in [0.1, 0.15) is 0 Å². The van der Waals surface area contributed by atoms with Gasteiger partial charge in [0.25, 0.3) is 0 Å². The molecule has 1 aromatic carbocycles. The van der Waals surface area contributed by atoms with Gasteiger partial charge in [-0.1, -0.05) is 29.3 Å². The smallest absolute Gasteiger partial charge is 0.0595 e. The molecule has 0 aliphatic rings. The maximum Gasteiger partial charge on any atom is 0.0595 e. The Balaban J connectivity index is 2.65. The maximum atomic E-state index is 5.95.